The minimum absolute atomic E-state index is 0.112. The minimum atomic E-state index is -0.511. The molecular weight excluding hydrogens is 527 g/mol. The van der Waals surface area contributed by atoms with Crippen molar-refractivity contribution in [3.8, 4) is 17.2 Å². The van der Waals surface area contributed by atoms with E-state index in [-0.39, 0.29) is 29.2 Å². The number of hydrogen-bond acceptors (Lipinski definition) is 7. The summed E-state index contributed by atoms with van der Waals surface area (Å²) in [5.74, 6) is -0.507. The zero-order valence-electron chi connectivity index (χ0n) is 22.5. The number of para-hydroxylation sites is 1. The Morgan fingerprint density at radius 2 is 1.76 bits per heavy atom. The normalized spacial score (nSPS) is 14.8. The molecule has 4 aromatic rings. The van der Waals surface area contributed by atoms with E-state index >= 15 is 0 Å². The molecular formula is C31H29FN4O5. The van der Waals surface area contributed by atoms with E-state index in [0.29, 0.717) is 48.8 Å². The van der Waals surface area contributed by atoms with Crippen molar-refractivity contribution in [2.24, 2.45) is 5.92 Å². The number of carbonyl (C=O) groups excluding carboxylic acids is 2. The quantitative estimate of drug-likeness (QED) is 0.293. The summed E-state index contributed by atoms with van der Waals surface area (Å²) in [7, 11) is 0. The van der Waals surface area contributed by atoms with Crippen LogP contribution >= 0.6 is 0 Å². The lowest BCUT2D eigenvalue weighted by atomic mass is 9.97. The number of anilines is 2. The van der Waals surface area contributed by atoms with E-state index in [9.17, 15) is 18.8 Å². The first-order chi connectivity index (χ1) is 19.9. The number of nitrogens with one attached hydrogen (secondary N) is 1. The smallest absolute Gasteiger partial charge is 0.310 e. The van der Waals surface area contributed by atoms with E-state index in [4.69, 9.17) is 9.47 Å². The average Bonchev–Trinajstić information content (AvgIpc) is 3.00. The number of ether oxygens (including phenoxy) is 2. The Balaban J connectivity index is 1.39. The molecule has 210 valence electrons. The van der Waals surface area contributed by atoms with E-state index in [1.165, 1.54) is 30.5 Å². The van der Waals surface area contributed by atoms with E-state index in [2.05, 4.69) is 10.4 Å². The van der Waals surface area contributed by atoms with Crippen molar-refractivity contribution in [3.05, 3.63) is 107 Å². The van der Waals surface area contributed by atoms with Crippen LogP contribution in [0.5, 0.6) is 11.5 Å². The third-order valence-corrected chi connectivity index (χ3v) is 6.72. The number of likely N-dealkylation sites (tertiary alicyclic amines) is 1. The second-order valence-electron chi connectivity index (χ2n) is 9.54. The summed E-state index contributed by atoms with van der Waals surface area (Å²) in [6, 6.07) is 21.1. The van der Waals surface area contributed by atoms with Crippen LogP contribution in [0.4, 0.5) is 15.8 Å². The fourth-order valence-electron chi connectivity index (χ4n) is 4.65. The van der Waals surface area contributed by atoms with Crippen LogP contribution in [0.15, 0.2) is 89.9 Å². The molecule has 41 heavy (non-hydrogen) atoms. The van der Waals surface area contributed by atoms with Gasteiger partial charge in [-0.25, -0.2) is 4.39 Å². The molecule has 0 radical (unpaired) electrons. The highest BCUT2D eigenvalue weighted by Crippen LogP contribution is 2.29. The Bertz CT molecular complexity index is 1570. The van der Waals surface area contributed by atoms with Crippen LogP contribution in [0.1, 0.15) is 30.1 Å². The largest absolute Gasteiger partial charge is 0.466 e. The molecule has 1 aromatic heterocycles. The summed E-state index contributed by atoms with van der Waals surface area (Å²) in [5, 5.41) is 7.34. The number of esters is 1. The maximum Gasteiger partial charge on any atom is 0.310 e. The van der Waals surface area contributed by atoms with Gasteiger partial charge < -0.3 is 19.7 Å². The van der Waals surface area contributed by atoms with Crippen LogP contribution in [0.3, 0.4) is 0 Å². The molecule has 0 unspecified atom stereocenters. The Morgan fingerprint density at radius 1 is 1.02 bits per heavy atom. The molecule has 1 fully saturated rings. The van der Waals surface area contributed by atoms with Gasteiger partial charge in [0.25, 0.3) is 11.5 Å². The van der Waals surface area contributed by atoms with Gasteiger partial charge in [0, 0.05) is 24.3 Å². The van der Waals surface area contributed by atoms with Gasteiger partial charge in [-0.3, -0.25) is 14.4 Å². The Kier molecular flexibility index (Phi) is 8.38. The van der Waals surface area contributed by atoms with Crippen LogP contribution in [0, 0.1) is 11.7 Å². The topological polar surface area (TPSA) is 103 Å². The van der Waals surface area contributed by atoms with Crippen LogP contribution in [0.2, 0.25) is 0 Å². The van der Waals surface area contributed by atoms with Crippen molar-refractivity contribution in [1.82, 2.24) is 14.7 Å². The Morgan fingerprint density at radius 3 is 2.46 bits per heavy atom. The number of benzene rings is 3. The third-order valence-electron chi connectivity index (χ3n) is 6.72. The first kappa shape index (κ1) is 27.6. The van der Waals surface area contributed by atoms with Crippen LogP contribution < -0.4 is 15.6 Å². The van der Waals surface area contributed by atoms with Crippen molar-refractivity contribution < 1.29 is 23.5 Å². The number of rotatable bonds is 8. The lowest BCUT2D eigenvalue weighted by Gasteiger charge is -2.31. The van der Waals surface area contributed by atoms with E-state index in [1.54, 1.807) is 48.2 Å². The van der Waals surface area contributed by atoms with Crippen molar-refractivity contribution in [1.29, 1.82) is 0 Å². The molecule has 10 heteroatoms. The van der Waals surface area contributed by atoms with E-state index in [1.807, 2.05) is 18.2 Å². The summed E-state index contributed by atoms with van der Waals surface area (Å²) in [4.78, 5) is 40.6. The number of aromatic nitrogens is 2. The molecule has 0 saturated carbocycles. The average molecular weight is 557 g/mol. The van der Waals surface area contributed by atoms with Gasteiger partial charge in [-0.1, -0.05) is 18.2 Å². The lowest BCUT2D eigenvalue weighted by molar-refractivity contribution is -0.149. The second kappa shape index (κ2) is 12.5. The Labute approximate surface area is 236 Å². The van der Waals surface area contributed by atoms with Crippen LogP contribution in [-0.2, 0) is 9.53 Å². The van der Waals surface area contributed by atoms with E-state index in [0.717, 1.165) is 11.1 Å². The molecule has 1 atom stereocenters. The zero-order chi connectivity index (χ0) is 28.8. The number of nitrogens with zero attached hydrogens (tertiary/aromatic N) is 3. The van der Waals surface area contributed by atoms with Gasteiger partial charge in [0.05, 0.1) is 24.4 Å². The summed E-state index contributed by atoms with van der Waals surface area (Å²) >= 11 is 0. The number of halogens is 1. The summed E-state index contributed by atoms with van der Waals surface area (Å²) in [6.07, 6.45) is 2.83. The van der Waals surface area contributed by atoms with Crippen molar-refractivity contribution in [2.45, 2.75) is 19.8 Å². The van der Waals surface area contributed by atoms with Crippen molar-refractivity contribution in [3.63, 3.8) is 0 Å². The number of hydrogen-bond donors (Lipinski definition) is 1. The van der Waals surface area contributed by atoms with Gasteiger partial charge >= 0.3 is 5.97 Å². The molecule has 9 nitrogen and oxygen atoms in total. The highest BCUT2D eigenvalue weighted by Gasteiger charge is 2.29. The maximum absolute atomic E-state index is 13.5. The summed E-state index contributed by atoms with van der Waals surface area (Å²) < 4.78 is 25.7. The summed E-state index contributed by atoms with van der Waals surface area (Å²) in [5.41, 5.74) is 0.981. The lowest BCUT2D eigenvalue weighted by Crippen LogP contribution is -2.42. The highest BCUT2D eigenvalue weighted by atomic mass is 19.1. The van der Waals surface area contributed by atoms with Gasteiger partial charge in [0.1, 0.15) is 11.6 Å². The molecule has 0 spiro atoms. The molecule has 0 bridgehead atoms. The van der Waals surface area contributed by atoms with Gasteiger partial charge in [-0.05, 0) is 80.4 Å². The summed E-state index contributed by atoms with van der Waals surface area (Å²) in [6.45, 7) is 2.95. The highest BCUT2D eigenvalue weighted by molar-refractivity contribution is 5.95. The molecule has 2 heterocycles. The predicted molar refractivity (Wildman–Crippen MR) is 151 cm³/mol. The maximum atomic E-state index is 13.5. The van der Waals surface area contributed by atoms with Crippen molar-refractivity contribution in [2.75, 3.05) is 25.0 Å². The fraction of sp³-hybridized carbons (Fsp3) is 0.226. The first-order valence-corrected chi connectivity index (χ1v) is 13.4. The van der Waals surface area contributed by atoms with Gasteiger partial charge in [-0.15, -0.1) is 0 Å². The molecule has 3 aromatic carbocycles. The third kappa shape index (κ3) is 6.43. The van der Waals surface area contributed by atoms with Crippen LogP contribution in [-0.4, -0.2) is 46.3 Å². The molecule has 1 aliphatic heterocycles. The SMILES string of the molecule is CCOC(=O)[C@@H]1CCCN(C(=O)c2ccc(Nc3c(Oc4ccccc4)cnn(-c4ccc(F)cc4)c3=O)cc2)C1. The number of amides is 1. The first-order valence-electron chi connectivity index (χ1n) is 13.4. The molecule has 1 N–H and O–H groups in total. The monoisotopic (exact) mass is 556 g/mol. The molecule has 1 aliphatic rings. The molecule has 1 amide bonds. The molecule has 5 rings (SSSR count). The Hall–Kier alpha value is -4.99. The predicted octanol–water partition coefficient (Wildman–Crippen LogP) is 5.32. The van der Waals surface area contributed by atoms with E-state index < -0.39 is 11.4 Å². The van der Waals surface area contributed by atoms with Gasteiger partial charge in [0.15, 0.2) is 11.4 Å². The van der Waals surface area contributed by atoms with Gasteiger partial charge in [0.2, 0.25) is 0 Å². The second-order valence-corrected chi connectivity index (χ2v) is 9.54. The molecule has 0 aliphatic carbocycles. The minimum Gasteiger partial charge on any atom is -0.466 e. The standard InChI is InChI=1S/C31H29FN4O5/c1-2-40-31(39)22-7-6-18-35(20-22)29(37)21-10-14-24(15-11-21)34-28-27(41-26-8-4-3-5-9-26)19-33-36(30(28)38)25-16-12-23(32)13-17-25/h3-5,8-17,19,22,34H,2,6-7,18,20H2,1H3/t22-/m1/s1. The van der Waals surface area contributed by atoms with Gasteiger partial charge in [-0.2, -0.15) is 9.78 Å². The van der Waals surface area contributed by atoms with Crippen LogP contribution in [0.25, 0.3) is 5.69 Å². The number of carbonyl (C=O) groups is 2. The molecule has 1 saturated heterocycles. The van der Waals surface area contributed by atoms with Crippen molar-refractivity contribution >= 4 is 23.3 Å². The number of piperidine rings is 1. The zero-order valence-corrected chi connectivity index (χ0v) is 22.5. The fourth-order valence-corrected chi connectivity index (χ4v) is 4.65.